The second-order valence-corrected chi connectivity index (χ2v) is 12.0. The van der Waals surface area contributed by atoms with Gasteiger partial charge >= 0.3 is 5.63 Å². The van der Waals surface area contributed by atoms with Gasteiger partial charge in [0.15, 0.2) is 0 Å². The maximum atomic E-state index is 13.4. The molecule has 4 aromatic rings. The molecule has 0 spiro atoms. The molecule has 4 rings (SSSR count). The molecule has 1 heterocycles. The van der Waals surface area contributed by atoms with Gasteiger partial charge in [-0.15, -0.1) is 0 Å². The lowest BCUT2D eigenvalue weighted by Crippen LogP contribution is -2.20. The van der Waals surface area contributed by atoms with Crippen LogP contribution in [0.25, 0.3) is 11.0 Å². The highest BCUT2D eigenvalue weighted by molar-refractivity contribution is 9.10. The zero-order valence-electron chi connectivity index (χ0n) is 20.9. The van der Waals surface area contributed by atoms with E-state index in [-0.39, 0.29) is 27.9 Å². The molecule has 1 unspecified atom stereocenters. The summed E-state index contributed by atoms with van der Waals surface area (Å²) in [6.07, 6.45) is 0. The first-order chi connectivity index (χ1) is 16.3. The number of aromatic hydroxyl groups is 2. The fourth-order valence-corrected chi connectivity index (χ4v) is 4.93. The number of fused-ring (bicyclic) bond motifs is 1. The standard InChI is InChI=1S/C30H31BrO4/c1-29(2,3)21-14-18(15-22(27(21)33)30(4,5)6)24(17-10-8-7-9-11-17)25-26(32)20-16-19(31)12-13-23(20)35-28(25)34/h7-16,24,32-33H,1-6H3. The maximum Gasteiger partial charge on any atom is 0.344 e. The van der Waals surface area contributed by atoms with Crippen LogP contribution in [0.3, 0.4) is 0 Å². The van der Waals surface area contributed by atoms with Crippen LogP contribution in [0.2, 0.25) is 0 Å². The Hall–Kier alpha value is -3.05. The van der Waals surface area contributed by atoms with E-state index in [1.54, 1.807) is 18.2 Å². The molecular weight excluding hydrogens is 504 g/mol. The number of hydrogen-bond acceptors (Lipinski definition) is 4. The second kappa shape index (κ2) is 8.87. The van der Waals surface area contributed by atoms with Crippen LogP contribution in [0.5, 0.6) is 11.5 Å². The normalized spacial score (nSPS) is 13.2. The maximum absolute atomic E-state index is 13.4. The van der Waals surface area contributed by atoms with Crippen molar-refractivity contribution in [2.24, 2.45) is 0 Å². The Balaban J connectivity index is 2.13. The summed E-state index contributed by atoms with van der Waals surface area (Å²) >= 11 is 3.45. The minimum absolute atomic E-state index is 0.103. The van der Waals surface area contributed by atoms with Gasteiger partial charge in [0.2, 0.25) is 0 Å². The number of phenols is 1. The van der Waals surface area contributed by atoms with Crippen LogP contribution in [0.4, 0.5) is 0 Å². The van der Waals surface area contributed by atoms with E-state index in [2.05, 4.69) is 57.5 Å². The Kier molecular flexibility index (Phi) is 6.35. The molecule has 1 atom stereocenters. The summed E-state index contributed by atoms with van der Waals surface area (Å²) in [4.78, 5) is 13.4. The first-order valence-electron chi connectivity index (χ1n) is 11.7. The lowest BCUT2D eigenvalue weighted by atomic mass is 9.75. The lowest BCUT2D eigenvalue weighted by molar-refractivity contribution is 0.422. The first-order valence-corrected chi connectivity index (χ1v) is 12.5. The summed E-state index contributed by atoms with van der Waals surface area (Å²) in [7, 11) is 0. The molecule has 4 nitrogen and oxygen atoms in total. The SMILES string of the molecule is CC(C)(C)c1cc(C(c2ccccc2)c2c(O)c3cc(Br)ccc3oc2=O)cc(C(C)(C)C)c1O. The van der Waals surface area contributed by atoms with Crippen molar-refractivity contribution < 1.29 is 14.6 Å². The molecule has 35 heavy (non-hydrogen) atoms. The molecule has 0 aliphatic carbocycles. The highest BCUT2D eigenvalue weighted by atomic mass is 79.9. The molecule has 1 aromatic heterocycles. The zero-order chi connectivity index (χ0) is 25.7. The minimum Gasteiger partial charge on any atom is -0.507 e. The molecule has 0 saturated heterocycles. The van der Waals surface area contributed by atoms with Gasteiger partial charge in [0, 0.05) is 10.4 Å². The molecule has 0 saturated carbocycles. The highest BCUT2D eigenvalue weighted by Gasteiger charge is 2.32. The summed E-state index contributed by atoms with van der Waals surface area (Å²) in [5.41, 5.74) is 2.44. The number of hydrogen-bond donors (Lipinski definition) is 2. The molecule has 3 aromatic carbocycles. The average Bonchev–Trinajstić information content (AvgIpc) is 2.76. The summed E-state index contributed by atoms with van der Waals surface area (Å²) in [6, 6.07) is 18.7. The third kappa shape index (κ3) is 4.74. The van der Waals surface area contributed by atoms with Crippen molar-refractivity contribution in [3.63, 3.8) is 0 Å². The average molecular weight is 535 g/mol. The molecule has 0 radical (unpaired) electrons. The number of rotatable bonds is 3. The molecule has 0 fully saturated rings. The fraction of sp³-hybridized carbons (Fsp3) is 0.300. The minimum atomic E-state index is -0.598. The smallest absolute Gasteiger partial charge is 0.344 e. The molecular formula is C30H31BrO4. The third-order valence-corrected chi connectivity index (χ3v) is 6.87. The van der Waals surface area contributed by atoms with Crippen molar-refractivity contribution in [1.82, 2.24) is 0 Å². The first kappa shape index (κ1) is 25.1. The molecule has 5 heteroatoms. The Morgan fingerprint density at radius 1 is 0.771 bits per heavy atom. The molecule has 0 aliphatic rings. The lowest BCUT2D eigenvalue weighted by Gasteiger charge is -2.30. The predicted molar refractivity (Wildman–Crippen MR) is 145 cm³/mol. The Labute approximate surface area is 214 Å². The van der Waals surface area contributed by atoms with E-state index < -0.39 is 11.5 Å². The quantitative estimate of drug-likeness (QED) is 0.263. The van der Waals surface area contributed by atoms with Crippen LogP contribution in [0.15, 0.2) is 74.3 Å². The van der Waals surface area contributed by atoms with E-state index in [4.69, 9.17) is 4.42 Å². The Bertz CT molecular complexity index is 1420. The Morgan fingerprint density at radius 3 is 1.89 bits per heavy atom. The number of phenolic OH excluding ortho intramolecular Hbond substituents is 1. The van der Waals surface area contributed by atoms with Gasteiger partial charge in [0.1, 0.15) is 17.1 Å². The highest BCUT2D eigenvalue weighted by Crippen LogP contribution is 2.45. The molecule has 182 valence electrons. The van der Waals surface area contributed by atoms with Crippen LogP contribution in [-0.4, -0.2) is 10.2 Å². The van der Waals surface area contributed by atoms with Gasteiger partial charge in [-0.25, -0.2) is 4.79 Å². The van der Waals surface area contributed by atoms with Crippen molar-refractivity contribution >= 4 is 26.9 Å². The summed E-state index contributed by atoms with van der Waals surface area (Å²) in [6.45, 7) is 12.3. The summed E-state index contributed by atoms with van der Waals surface area (Å²) in [5, 5.41) is 23.1. The fourth-order valence-electron chi connectivity index (χ4n) is 4.57. The molecule has 2 N–H and O–H groups in total. The van der Waals surface area contributed by atoms with Gasteiger partial charge in [-0.2, -0.15) is 0 Å². The summed E-state index contributed by atoms with van der Waals surface area (Å²) in [5.74, 6) is -0.438. The largest absolute Gasteiger partial charge is 0.507 e. The van der Waals surface area contributed by atoms with Crippen molar-refractivity contribution in [1.29, 1.82) is 0 Å². The monoisotopic (exact) mass is 534 g/mol. The van der Waals surface area contributed by atoms with Crippen LogP contribution < -0.4 is 5.63 Å². The van der Waals surface area contributed by atoms with Crippen molar-refractivity contribution in [3.05, 3.63) is 103 Å². The van der Waals surface area contributed by atoms with Crippen molar-refractivity contribution in [2.75, 3.05) is 0 Å². The van der Waals surface area contributed by atoms with Crippen molar-refractivity contribution in [2.45, 2.75) is 58.3 Å². The van der Waals surface area contributed by atoms with Crippen LogP contribution >= 0.6 is 15.9 Å². The van der Waals surface area contributed by atoms with E-state index in [0.717, 1.165) is 26.7 Å². The topological polar surface area (TPSA) is 70.7 Å². The predicted octanol–water partition coefficient (Wildman–Crippen LogP) is 7.74. The van der Waals surface area contributed by atoms with E-state index in [9.17, 15) is 15.0 Å². The van der Waals surface area contributed by atoms with E-state index >= 15 is 0 Å². The van der Waals surface area contributed by atoms with Gasteiger partial charge in [-0.1, -0.05) is 99.9 Å². The Morgan fingerprint density at radius 2 is 1.34 bits per heavy atom. The second-order valence-electron chi connectivity index (χ2n) is 11.1. The molecule has 0 bridgehead atoms. The van der Waals surface area contributed by atoms with Gasteiger partial charge in [-0.05, 0) is 51.3 Å². The molecule has 0 amide bonds. The van der Waals surface area contributed by atoms with Gasteiger partial charge in [0.25, 0.3) is 0 Å². The van der Waals surface area contributed by atoms with Crippen molar-refractivity contribution in [3.8, 4) is 11.5 Å². The van der Waals surface area contributed by atoms with Gasteiger partial charge in [0.05, 0.1) is 10.9 Å². The van der Waals surface area contributed by atoms with Crippen LogP contribution in [0.1, 0.15) is 75.3 Å². The molecule has 0 aliphatic heterocycles. The zero-order valence-corrected chi connectivity index (χ0v) is 22.5. The van der Waals surface area contributed by atoms with E-state index in [1.807, 2.05) is 42.5 Å². The van der Waals surface area contributed by atoms with Crippen LogP contribution in [0, 0.1) is 0 Å². The third-order valence-electron chi connectivity index (χ3n) is 6.38. The number of halogens is 1. The van der Waals surface area contributed by atoms with Gasteiger partial charge < -0.3 is 14.6 Å². The van der Waals surface area contributed by atoms with Crippen LogP contribution in [-0.2, 0) is 10.8 Å². The van der Waals surface area contributed by atoms with E-state index in [0.29, 0.717) is 11.0 Å². The van der Waals surface area contributed by atoms with E-state index in [1.165, 1.54) is 0 Å². The number of benzene rings is 3. The van der Waals surface area contributed by atoms with Gasteiger partial charge in [-0.3, -0.25) is 0 Å². The summed E-state index contributed by atoms with van der Waals surface area (Å²) < 4.78 is 6.46.